The van der Waals surface area contributed by atoms with Crippen LogP contribution in [0.3, 0.4) is 0 Å². The highest BCUT2D eigenvalue weighted by Gasteiger charge is 2.11. The molecule has 102 valence electrons. The number of ether oxygens (including phenoxy) is 3. The average Bonchev–Trinajstić information content (AvgIpc) is 2.71. The third kappa shape index (κ3) is 3.28. The van der Waals surface area contributed by atoms with E-state index in [-0.39, 0.29) is 0 Å². The molecule has 1 aromatic rings. The molecule has 0 bridgehead atoms. The molecule has 0 amide bonds. The van der Waals surface area contributed by atoms with E-state index in [0.29, 0.717) is 6.04 Å². The molecule has 2 aliphatic rings. The van der Waals surface area contributed by atoms with Crippen LogP contribution in [0.5, 0.6) is 11.5 Å². The van der Waals surface area contributed by atoms with Gasteiger partial charge in [-0.1, -0.05) is 18.2 Å². The van der Waals surface area contributed by atoms with Crippen LogP contribution in [0.2, 0.25) is 0 Å². The summed E-state index contributed by atoms with van der Waals surface area (Å²) >= 11 is 0. The predicted molar refractivity (Wildman–Crippen MR) is 73.7 cm³/mol. The van der Waals surface area contributed by atoms with Crippen molar-refractivity contribution < 1.29 is 14.2 Å². The molecule has 1 saturated heterocycles. The molecule has 0 spiro atoms. The van der Waals surface area contributed by atoms with Crippen molar-refractivity contribution in [2.75, 3.05) is 33.0 Å². The molecule has 0 saturated carbocycles. The molecule has 4 heteroatoms. The first kappa shape index (κ1) is 12.5. The third-order valence-corrected chi connectivity index (χ3v) is 3.24. The van der Waals surface area contributed by atoms with Crippen molar-refractivity contribution in [3.05, 3.63) is 29.8 Å². The number of hydrogen-bond acceptors (Lipinski definition) is 4. The van der Waals surface area contributed by atoms with Crippen molar-refractivity contribution in [1.82, 2.24) is 5.32 Å². The van der Waals surface area contributed by atoms with Crippen LogP contribution < -0.4 is 14.8 Å². The number of rotatable bonds is 2. The van der Waals surface area contributed by atoms with Gasteiger partial charge in [0.05, 0.1) is 26.4 Å². The highest BCUT2D eigenvalue weighted by molar-refractivity contribution is 5.56. The van der Waals surface area contributed by atoms with E-state index in [1.54, 1.807) is 0 Å². The van der Waals surface area contributed by atoms with Gasteiger partial charge in [-0.25, -0.2) is 0 Å². The largest absolute Gasteiger partial charge is 0.490 e. The number of nitrogens with one attached hydrogen (secondary N) is 1. The third-order valence-electron chi connectivity index (χ3n) is 3.24. The van der Waals surface area contributed by atoms with Crippen molar-refractivity contribution in [2.45, 2.75) is 12.5 Å². The molecule has 19 heavy (non-hydrogen) atoms. The van der Waals surface area contributed by atoms with Crippen molar-refractivity contribution in [1.29, 1.82) is 0 Å². The standard InChI is InChI=1S/C15H19NO3/c1-7-18-14-5-3-12(10-15(14)19-8-1)2-4-13-11-17-9-6-16-13/h2-5,10,13,16H,1,6-9,11H2/b4-2+. The summed E-state index contributed by atoms with van der Waals surface area (Å²) in [4.78, 5) is 0. The van der Waals surface area contributed by atoms with Gasteiger partial charge >= 0.3 is 0 Å². The molecule has 0 aliphatic carbocycles. The van der Waals surface area contributed by atoms with Gasteiger partial charge in [0.1, 0.15) is 0 Å². The molecule has 2 aliphatic heterocycles. The van der Waals surface area contributed by atoms with E-state index < -0.39 is 0 Å². The summed E-state index contributed by atoms with van der Waals surface area (Å²) in [5.41, 5.74) is 1.12. The Morgan fingerprint density at radius 2 is 2.00 bits per heavy atom. The van der Waals surface area contributed by atoms with Crippen LogP contribution in [0.25, 0.3) is 6.08 Å². The van der Waals surface area contributed by atoms with Crippen LogP contribution >= 0.6 is 0 Å². The second kappa shape index (κ2) is 6.08. The summed E-state index contributed by atoms with van der Waals surface area (Å²) in [5, 5.41) is 3.39. The Morgan fingerprint density at radius 3 is 2.84 bits per heavy atom. The molecule has 1 fully saturated rings. The summed E-state index contributed by atoms with van der Waals surface area (Å²) in [7, 11) is 0. The quantitative estimate of drug-likeness (QED) is 0.882. The first-order chi connectivity index (χ1) is 9.42. The van der Waals surface area contributed by atoms with Gasteiger partial charge in [0.25, 0.3) is 0 Å². The lowest BCUT2D eigenvalue weighted by Crippen LogP contribution is -2.39. The van der Waals surface area contributed by atoms with Crippen LogP contribution in [-0.4, -0.2) is 39.0 Å². The second-order valence-corrected chi connectivity index (χ2v) is 4.75. The number of benzene rings is 1. The lowest BCUT2D eigenvalue weighted by molar-refractivity contribution is 0.0903. The van der Waals surface area contributed by atoms with Gasteiger partial charge in [-0.2, -0.15) is 0 Å². The number of hydrogen-bond donors (Lipinski definition) is 1. The van der Waals surface area contributed by atoms with Gasteiger partial charge in [0.15, 0.2) is 11.5 Å². The minimum absolute atomic E-state index is 0.296. The van der Waals surface area contributed by atoms with Gasteiger partial charge in [-0.15, -0.1) is 0 Å². The van der Waals surface area contributed by atoms with Crippen molar-refractivity contribution in [2.24, 2.45) is 0 Å². The molecule has 4 nitrogen and oxygen atoms in total. The minimum atomic E-state index is 0.296. The Morgan fingerprint density at radius 1 is 1.11 bits per heavy atom. The topological polar surface area (TPSA) is 39.7 Å². The highest BCUT2D eigenvalue weighted by atomic mass is 16.5. The van der Waals surface area contributed by atoms with Crippen molar-refractivity contribution >= 4 is 6.08 Å². The summed E-state index contributed by atoms with van der Waals surface area (Å²) in [5.74, 6) is 1.68. The normalized spacial score (nSPS) is 23.3. The predicted octanol–water partition coefficient (Wildman–Crippen LogP) is 1.85. The van der Waals surface area contributed by atoms with Crippen LogP contribution in [0.1, 0.15) is 12.0 Å². The Labute approximate surface area is 113 Å². The average molecular weight is 261 g/mol. The van der Waals surface area contributed by atoms with Gasteiger partial charge in [-0.3, -0.25) is 0 Å². The fourth-order valence-corrected chi connectivity index (χ4v) is 2.22. The number of fused-ring (bicyclic) bond motifs is 1. The summed E-state index contributed by atoms with van der Waals surface area (Å²) < 4.78 is 16.7. The molecule has 0 aromatic heterocycles. The van der Waals surface area contributed by atoms with E-state index in [2.05, 4.69) is 17.5 Å². The van der Waals surface area contributed by atoms with E-state index in [4.69, 9.17) is 14.2 Å². The molecular formula is C15H19NO3. The zero-order chi connectivity index (χ0) is 12.9. The van der Waals surface area contributed by atoms with E-state index in [9.17, 15) is 0 Å². The van der Waals surface area contributed by atoms with Gasteiger partial charge in [0.2, 0.25) is 0 Å². The Hall–Kier alpha value is -1.52. The van der Waals surface area contributed by atoms with E-state index in [1.165, 1.54) is 0 Å². The Balaban J connectivity index is 1.70. The fraction of sp³-hybridized carbons (Fsp3) is 0.467. The van der Waals surface area contributed by atoms with E-state index >= 15 is 0 Å². The second-order valence-electron chi connectivity index (χ2n) is 4.75. The van der Waals surface area contributed by atoms with Gasteiger partial charge in [0, 0.05) is 19.0 Å². The molecule has 2 heterocycles. The summed E-state index contributed by atoms with van der Waals surface area (Å²) in [6.07, 6.45) is 5.17. The SMILES string of the molecule is C(=C\C1COCCN1)/c1ccc2c(c1)OCCCO2. The van der Waals surface area contributed by atoms with E-state index in [1.807, 2.05) is 18.2 Å². The summed E-state index contributed by atoms with van der Waals surface area (Å²) in [6, 6.07) is 6.35. The van der Waals surface area contributed by atoms with E-state index in [0.717, 1.165) is 56.5 Å². The van der Waals surface area contributed by atoms with Crippen LogP contribution in [-0.2, 0) is 4.74 Å². The first-order valence-corrected chi connectivity index (χ1v) is 6.81. The van der Waals surface area contributed by atoms with Crippen molar-refractivity contribution in [3.8, 4) is 11.5 Å². The lowest BCUT2D eigenvalue weighted by atomic mass is 10.1. The molecular weight excluding hydrogens is 242 g/mol. The molecule has 0 radical (unpaired) electrons. The lowest BCUT2D eigenvalue weighted by Gasteiger charge is -2.20. The van der Waals surface area contributed by atoms with Gasteiger partial charge < -0.3 is 19.5 Å². The Kier molecular flexibility index (Phi) is 4.01. The molecule has 1 N–H and O–H groups in total. The Bertz CT molecular complexity index is 453. The first-order valence-electron chi connectivity index (χ1n) is 6.81. The molecule has 1 unspecified atom stereocenters. The maximum absolute atomic E-state index is 5.68. The maximum atomic E-state index is 5.68. The van der Waals surface area contributed by atoms with Gasteiger partial charge in [-0.05, 0) is 17.7 Å². The highest BCUT2D eigenvalue weighted by Crippen LogP contribution is 2.30. The van der Waals surface area contributed by atoms with Crippen LogP contribution in [0, 0.1) is 0 Å². The van der Waals surface area contributed by atoms with Crippen LogP contribution in [0.15, 0.2) is 24.3 Å². The minimum Gasteiger partial charge on any atom is -0.490 e. The zero-order valence-corrected chi connectivity index (χ0v) is 10.9. The molecule has 3 rings (SSSR count). The maximum Gasteiger partial charge on any atom is 0.161 e. The molecule has 1 atom stereocenters. The zero-order valence-electron chi connectivity index (χ0n) is 10.9. The van der Waals surface area contributed by atoms with Crippen LogP contribution in [0.4, 0.5) is 0 Å². The fourth-order valence-electron chi connectivity index (χ4n) is 2.22. The molecule has 1 aromatic carbocycles. The smallest absolute Gasteiger partial charge is 0.161 e. The monoisotopic (exact) mass is 261 g/mol. The number of morpholine rings is 1. The summed E-state index contributed by atoms with van der Waals surface area (Å²) in [6.45, 7) is 3.90. The van der Waals surface area contributed by atoms with Crippen molar-refractivity contribution in [3.63, 3.8) is 0 Å².